The molecule has 3 heteroatoms. The molecule has 3 nitrogen and oxygen atoms in total. The summed E-state index contributed by atoms with van der Waals surface area (Å²) < 4.78 is 5.95. The van der Waals surface area contributed by atoms with Gasteiger partial charge in [0.15, 0.2) is 0 Å². The van der Waals surface area contributed by atoms with Gasteiger partial charge in [-0.3, -0.25) is 4.98 Å². The van der Waals surface area contributed by atoms with Gasteiger partial charge in [-0.15, -0.1) is 6.58 Å². The van der Waals surface area contributed by atoms with Crippen LogP contribution in [0.15, 0.2) is 43.0 Å². The highest BCUT2D eigenvalue weighted by molar-refractivity contribution is 5.85. The maximum Gasteiger partial charge on any atom is 0.130 e. The Hall–Kier alpha value is -1.87. The van der Waals surface area contributed by atoms with Crippen molar-refractivity contribution in [2.24, 2.45) is 0 Å². The Bertz CT molecular complexity index is 593. The maximum atomic E-state index is 5.95. The van der Waals surface area contributed by atoms with Gasteiger partial charge in [0.2, 0.25) is 0 Å². The van der Waals surface area contributed by atoms with Crippen molar-refractivity contribution in [2.75, 3.05) is 6.61 Å². The lowest BCUT2D eigenvalue weighted by molar-refractivity contribution is 0.315. The molecule has 0 aliphatic heterocycles. The molecular weight excluding hydrogens is 260 g/mol. The van der Waals surface area contributed by atoms with Crippen LogP contribution in [0.5, 0.6) is 5.75 Å². The van der Waals surface area contributed by atoms with Gasteiger partial charge in [0, 0.05) is 24.0 Å². The van der Waals surface area contributed by atoms with Crippen molar-refractivity contribution in [1.82, 2.24) is 10.3 Å². The minimum absolute atomic E-state index is 0.440. The first-order valence-corrected chi connectivity index (χ1v) is 7.56. The van der Waals surface area contributed by atoms with Gasteiger partial charge in [-0.05, 0) is 25.0 Å². The van der Waals surface area contributed by atoms with Gasteiger partial charge < -0.3 is 10.1 Å². The van der Waals surface area contributed by atoms with Crippen LogP contribution in [0.25, 0.3) is 10.9 Å². The lowest BCUT2D eigenvalue weighted by Crippen LogP contribution is -2.22. The number of fused-ring (bicyclic) bond motifs is 1. The van der Waals surface area contributed by atoms with Crippen LogP contribution in [0.4, 0.5) is 0 Å². The van der Waals surface area contributed by atoms with E-state index >= 15 is 0 Å². The minimum atomic E-state index is 0.440. The van der Waals surface area contributed by atoms with E-state index in [1.54, 1.807) is 0 Å². The van der Waals surface area contributed by atoms with Crippen LogP contribution in [0.3, 0.4) is 0 Å². The molecule has 0 unspecified atom stereocenters. The summed E-state index contributed by atoms with van der Waals surface area (Å²) in [5.74, 6) is 0.921. The molecule has 0 aliphatic rings. The molecule has 112 valence electrons. The number of hydrogen-bond acceptors (Lipinski definition) is 3. The van der Waals surface area contributed by atoms with Crippen LogP contribution < -0.4 is 10.1 Å². The first kappa shape index (κ1) is 15.5. The zero-order valence-electron chi connectivity index (χ0n) is 12.9. The standard InChI is InChI=1S/C18H24N2O/c1-4-5-8-11-21-18-12-15(13-19-14(2)3)20-17-10-7-6-9-16(17)18/h4,6-7,9-10,12,14,19H,1,5,8,11,13H2,2-3H3. The highest BCUT2D eigenvalue weighted by Crippen LogP contribution is 2.25. The lowest BCUT2D eigenvalue weighted by atomic mass is 10.1. The largest absolute Gasteiger partial charge is 0.493 e. The van der Waals surface area contributed by atoms with Gasteiger partial charge in [-0.25, -0.2) is 0 Å². The molecule has 0 fully saturated rings. The number of ether oxygens (including phenoxy) is 1. The number of para-hydroxylation sites is 1. The second-order valence-corrected chi connectivity index (χ2v) is 5.44. The van der Waals surface area contributed by atoms with Crippen LogP contribution >= 0.6 is 0 Å². The minimum Gasteiger partial charge on any atom is -0.493 e. The Morgan fingerprint density at radius 3 is 2.90 bits per heavy atom. The van der Waals surface area contributed by atoms with Crippen molar-refractivity contribution in [3.05, 3.63) is 48.7 Å². The van der Waals surface area contributed by atoms with E-state index in [4.69, 9.17) is 9.72 Å². The van der Waals surface area contributed by atoms with Crippen LogP contribution in [-0.2, 0) is 6.54 Å². The number of allylic oxidation sites excluding steroid dienone is 1. The summed E-state index contributed by atoms with van der Waals surface area (Å²) >= 11 is 0. The van der Waals surface area contributed by atoms with Gasteiger partial charge in [0.1, 0.15) is 5.75 Å². The monoisotopic (exact) mass is 284 g/mol. The number of hydrogen-bond donors (Lipinski definition) is 1. The number of benzene rings is 1. The summed E-state index contributed by atoms with van der Waals surface area (Å²) in [6, 6.07) is 10.6. The Balaban J connectivity index is 2.20. The van der Waals surface area contributed by atoms with Crippen LogP contribution in [0, 0.1) is 0 Å². The predicted octanol–water partition coefficient (Wildman–Crippen LogP) is 4.08. The fourth-order valence-corrected chi connectivity index (χ4v) is 2.12. The topological polar surface area (TPSA) is 34.1 Å². The van der Waals surface area contributed by atoms with E-state index in [1.165, 1.54) is 0 Å². The summed E-state index contributed by atoms with van der Waals surface area (Å²) in [5.41, 5.74) is 2.00. The fraction of sp³-hybridized carbons (Fsp3) is 0.389. The molecule has 0 aliphatic carbocycles. The van der Waals surface area contributed by atoms with Crippen LogP contribution in [-0.4, -0.2) is 17.6 Å². The highest BCUT2D eigenvalue weighted by atomic mass is 16.5. The third-order valence-electron chi connectivity index (χ3n) is 3.23. The third kappa shape index (κ3) is 4.57. The maximum absolute atomic E-state index is 5.95. The first-order chi connectivity index (χ1) is 10.2. The smallest absolute Gasteiger partial charge is 0.130 e. The summed E-state index contributed by atoms with van der Waals surface area (Å²) in [6.07, 6.45) is 3.89. The molecule has 0 saturated heterocycles. The van der Waals surface area contributed by atoms with Gasteiger partial charge in [-0.1, -0.05) is 32.1 Å². The van der Waals surface area contributed by atoms with Gasteiger partial charge in [0.05, 0.1) is 17.8 Å². The Labute approximate surface area is 127 Å². The Morgan fingerprint density at radius 2 is 2.14 bits per heavy atom. The van der Waals surface area contributed by atoms with Crippen molar-refractivity contribution in [3.63, 3.8) is 0 Å². The molecule has 0 saturated carbocycles. The van der Waals surface area contributed by atoms with E-state index in [2.05, 4.69) is 31.8 Å². The van der Waals surface area contributed by atoms with E-state index in [1.807, 2.05) is 30.3 Å². The molecular formula is C18H24N2O. The highest BCUT2D eigenvalue weighted by Gasteiger charge is 2.07. The quantitative estimate of drug-likeness (QED) is 0.586. The fourth-order valence-electron chi connectivity index (χ4n) is 2.12. The molecule has 1 heterocycles. The zero-order chi connectivity index (χ0) is 15.1. The van der Waals surface area contributed by atoms with Crippen molar-refractivity contribution in [2.45, 2.75) is 39.3 Å². The number of pyridine rings is 1. The molecule has 1 aromatic carbocycles. The van der Waals surface area contributed by atoms with E-state index in [9.17, 15) is 0 Å². The number of nitrogens with one attached hydrogen (secondary N) is 1. The number of aromatic nitrogens is 1. The second-order valence-electron chi connectivity index (χ2n) is 5.44. The average molecular weight is 284 g/mol. The molecule has 2 rings (SSSR count). The lowest BCUT2D eigenvalue weighted by Gasteiger charge is -2.12. The molecule has 1 N–H and O–H groups in total. The van der Waals surface area contributed by atoms with E-state index in [0.29, 0.717) is 12.6 Å². The summed E-state index contributed by atoms with van der Waals surface area (Å²) in [7, 11) is 0. The van der Waals surface area contributed by atoms with Crippen molar-refractivity contribution < 1.29 is 4.74 Å². The first-order valence-electron chi connectivity index (χ1n) is 7.56. The van der Waals surface area contributed by atoms with E-state index in [-0.39, 0.29) is 0 Å². The predicted molar refractivity (Wildman–Crippen MR) is 88.6 cm³/mol. The van der Waals surface area contributed by atoms with Crippen LogP contribution in [0.2, 0.25) is 0 Å². The molecule has 21 heavy (non-hydrogen) atoms. The van der Waals surface area contributed by atoms with Crippen molar-refractivity contribution in [3.8, 4) is 5.75 Å². The van der Waals surface area contributed by atoms with Gasteiger partial charge in [-0.2, -0.15) is 0 Å². The molecule has 0 radical (unpaired) electrons. The van der Waals surface area contributed by atoms with Crippen molar-refractivity contribution in [1.29, 1.82) is 0 Å². The van der Waals surface area contributed by atoms with Gasteiger partial charge in [0.25, 0.3) is 0 Å². The molecule has 1 aromatic heterocycles. The average Bonchev–Trinajstić information content (AvgIpc) is 2.49. The number of nitrogens with zero attached hydrogens (tertiary/aromatic N) is 1. The van der Waals surface area contributed by atoms with E-state index in [0.717, 1.165) is 41.7 Å². The normalized spacial score (nSPS) is 11.0. The zero-order valence-corrected chi connectivity index (χ0v) is 12.9. The molecule has 0 amide bonds. The summed E-state index contributed by atoms with van der Waals surface area (Å²) in [5, 5.41) is 4.47. The number of rotatable bonds is 8. The Morgan fingerprint density at radius 1 is 1.33 bits per heavy atom. The summed E-state index contributed by atoms with van der Waals surface area (Å²) in [4.78, 5) is 4.69. The van der Waals surface area contributed by atoms with Crippen molar-refractivity contribution >= 4 is 10.9 Å². The molecule has 2 aromatic rings. The summed E-state index contributed by atoms with van der Waals surface area (Å²) in [6.45, 7) is 9.46. The second kappa shape index (κ2) is 7.79. The molecule has 0 bridgehead atoms. The SMILES string of the molecule is C=CCCCOc1cc(CNC(C)C)nc2ccccc12. The number of unbranched alkanes of at least 4 members (excludes halogenated alkanes) is 1. The molecule has 0 atom stereocenters. The van der Waals surface area contributed by atoms with Crippen LogP contribution in [0.1, 0.15) is 32.4 Å². The van der Waals surface area contributed by atoms with E-state index < -0.39 is 0 Å². The van der Waals surface area contributed by atoms with Gasteiger partial charge >= 0.3 is 0 Å². The molecule has 0 spiro atoms. The third-order valence-corrected chi connectivity index (χ3v) is 3.23. The Kier molecular flexibility index (Phi) is 5.76.